The molecule has 2 atom stereocenters. The molecule has 2 amide bonds. The van der Waals surface area contributed by atoms with E-state index in [0.29, 0.717) is 30.0 Å². The molecule has 22 heavy (non-hydrogen) atoms. The molecule has 0 saturated carbocycles. The number of benzene rings is 1. The number of allylic oxidation sites excluding steroid dienone is 2. The number of imide groups is 1. The Bertz CT molecular complexity index is 642. The van der Waals surface area contributed by atoms with Gasteiger partial charge >= 0.3 is 0 Å². The lowest BCUT2D eigenvalue weighted by molar-refractivity contribution is -0.122. The highest BCUT2D eigenvalue weighted by molar-refractivity contribution is 6.22. The van der Waals surface area contributed by atoms with Gasteiger partial charge in [-0.25, -0.2) is 4.90 Å². The molecule has 1 fully saturated rings. The predicted molar refractivity (Wildman–Crippen MR) is 82.0 cm³/mol. The van der Waals surface area contributed by atoms with Gasteiger partial charge in [0.25, 0.3) is 0 Å². The molecule has 2 aliphatic rings. The lowest BCUT2D eigenvalue weighted by Gasteiger charge is -2.18. The number of ether oxygens (including phenoxy) is 2. The number of carbonyl (C=O) groups excluding carboxylic acids is 2. The zero-order valence-corrected chi connectivity index (χ0v) is 13.0. The Morgan fingerprint density at radius 1 is 1.00 bits per heavy atom. The van der Waals surface area contributed by atoms with E-state index in [1.165, 1.54) is 10.5 Å². The van der Waals surface area contributed by atoms with Crippen LogP contribution in [0.4, 0.5) is 5.69 Å². The fourth-order valence-corrected chi connectivity index (χ4v) is 3.21. The summed E-state index contributed by atoms with van der Waals surface area (Å²) in [4.78, 5) is 26.6. The van der Waals surface area contributed by atoms with Crippen LogP contribution in [0.15, 0.2) is 29.8 Å². The van der Waals surface area contributed by atoms with Crippen LogP contribution in [-0.2, 0) is 9.59 Å². The quantitative estimate of drug-likeness (QED) is 0.636. The number of amides is 2. The topological polar surface area (TPSA) is 55.8 Å². The summed E-state index contributed by atoms with van der Waals surface area (Å²) in [6.45, 7) is 2.01. The average Bonchev–Trinajstić information content (AvgIpc) is 2.77. The van der Waals surface area contributed by atoms with E-state index in [4.69, 9.17) is 9.47 Å². The van der Waals surface area contributed by atoms with Crippen LogP contribution in [0.25, 0.3) is 0 Å². The minimum Gasteiger partial charge on any atom is -0.497 e. The van der Waals surface area contributed by atoms with Crippen LogP contribution in [0.5, 0.6) is 11.5 Å². The van der Waals surface area contributed by atoms with Crippen molar-refractivity contribution in [2.45, 2.75) is 19.8 Å². The summed E-state index contributed by atoms with van der Waals surface area (Å²) in [6.07, 6.45) is 3.35. The molecule has 116 valence electrons. The first-order valence-corrected chi connectivity index (χ1v) is 7.31. The first-order valence-electron chi connectivity index (χ1n) is 7.31. The maximum atomic E-state index is 12.7. The Kier molecular flexibility index (Phi) is 3.64. The maximum Gasteiger partial charge on any atom is 0.238 e. The molecule has 1 aromatic carbocycles. The number of hydrogen-bond acceptors (Lipinski definition) is 4. The van der Waals surface area contributed by atoms with Gasteiger partial charge in [0.2, 0.25) is 11.8 Å². The van der Waals surface area contributed by atoms with Crippen molar-refractivity contribution in [1.29, 1.82) is 0 Å². The van der Waals surface area contributed by atoms with Gasteiger partial charge in [0.15, 0.2) is 0 Å². The molecule has 0 bridgehead atoms. The molecule has 5 nitrogen and oxygen atoms in total. The molecule has 0 unspecified atom stereocenters. The fraction of sp³-hybridized carbons (Fsp3) is 0.412. The van der Waals surface area contributed by atoms with Gasteiger partial charge in [0.1, 0.15) is 11.5 Å². The Morgan fingerprint density at radius 3 is 2.18 bits per heavy atom. The third-order valence-corrected chi connectivity index (χ3v) is 4.42. The summed E-state index contributed by atoms with van der Waals surface area (Å²) < 4.78 is 10.4. The molecular formula is C17H19NO4. The van der Waals surface area contributed by atoms with Crippen molar-refractivity contribution >= 4 is 17.5 Å². The summed E-state index contributed by atoms with van der Waals surface area (Å²) in [5, 5.41) is 0. The van der Waals surface area contributed by atoms with Gasteiger partial charge in [-0.3, -0.25) is 9.59 Å². The van der Waals surface area contributed by atoms with Crippen molar-refractivity contribution in [2.24, 2.45) is 11.8 Å². The van der Waals surface area contributed by atoms with Crippen LogP contribution in [0.3, 0.4) is 0 Å². The van der Waals surface area contributed by atoms with Gasteiger partial charge in [-0.1, -0.05) is 11.6 Å². The minimum atomic E-state index is -0.242. The number of methoxy groups -OCH3 is 2. The third-order valence-electron chi connectivity index (χ3n) is 4.42. The number of anilines is 1. The average molecular weight is 301 g/mol. The minimum absolute atomic E-state index is 0.127. The molecule has 0 N–H and O–H groups in total. The van der Waals surface area contributed by atoms with Crippen molar-refractivity contribution in [3.8, 4) is 11.5 Å². The highest BCUT2D eigenvalue weighted by Crippen LogP contribution is 2.41. The van der Waals surface area contributed by atoms with E-state index in [-0.39, 0.29) is 23.7 Å². The summed E-state index contributed by atoms with van der Waals surface area (Å²) in [7, 11) is 3.08. The summed E-state index contributed by atoms with van der Waals surface area (Å²) >= 11 is 0. The van der Waals surface area contributed by atoms with Crippen molar-refractivity contribution in [3.63, 3.8) is 0 Å². The SMILES string of the molecule is COc1cc(OC)cc(N2C(=O)[C@H]3CC=C(C)C[C@@H]3C2=O)c1. The van der Waals surface area contributed by atoms with Crippen LogP contribution in [0.2, 0.25) is 0 Å². The molecule has 1 aliphatic heterocycles. The highest BCUT2D eigenvalue weighted by Gasteiger charge is 2.48. The fourth-order valence-electron chi connectivity index (χ4n) is 3.21. The number of rotatable bonds is 3. The molecule has 0 aromatic heterocycles. The summed E-state index contributed by atoms with van der Waals surface area (Å²) in [5.74, 6) is 0.369. The van der Waals surface area contributed by atoms with Crippen molar-refractivity contribution in [2.75, 3.05) is 19.1 Å². The van der Waals surface area contributed by atoms with Gasteiger partial charge in [0.05, 0.1) is 31.7 Å². The van der Waals surface area contributed by atoms with Crippen LogP contribution in [0.1, 0.15) is 19.8 Å². The first-order chi connectivity index (χ1) is 10.5. The smallest absolute Gasteiger partial charge is 0.238 e. The number of fused-ring (bicyclic) bond motifs is 1. The van der Waals surface area contributed by atoms with Gasteiger partial charge in [-0.2, -0.15) is 0 Å². The first kappa shape index (κ1) is 14.6. The van der Waals surface area contributed by atoms with Crippen molar-refractivity contribution in [1.82, 2.24) is 0 Å². The van der Waals surface area contributed by atoms with E-state index in [9.17, 15) is 9.59 Å². The van der Waals surface area contributed by atoms with Crippen LogP contribution in [-0.4, -0.2) is 26.0 Å². The van der Waals surface area contributed by atoms with E-state index in [2.05, 4.69) is 6.08 Å². The normalized spacial score (nSPS) is 24.1. The van der Waals surface area contributed by atoms with E-state index in [0.717, 1.165) is 0 Å². The second-order valence-corrected chi connectivity index (χ2v) is 5.79. The third kappa shape index (κ3) is 2.26. The zero-order chi connectivity index (χ0) is 15.9. The standard InChI is InChI=1S/C17H19NO4/c1-10-4-5-14-15(6-10)17(20)18(16(14)19)11-7-12(21-2)9-13(8-11)22-3/h4,7-9,14-15H,5-6H2,1-3H3/t14-,15-/m0/s1. The van der Waals surface area contributed by atoms with Gasteiger partial charge < -0.3 is 9.47 Å². The monoisotopic (exact) mass is 301 g/mol. The Hall–Kier alpha value is -2.30. The van der Waals surface area contributed by atoms with E-state index < -0.39 is 0 Å². The summed E-state index contributed by atoms with van der Waals surface area (Å²) in [6, 6.07) is 5.10. The molecule has 1 heterocycles. The number of carbonyl (C=O) groups is 2. The molecule has 5 heteroatoms. The van der Waals surface area contributed by atoms with Crippen molar-refractivity contribution in [3.05, 3.63) is 29.8 Å². The molecule has 1 aromatic rings. The Labute approximate surface area is 129 Å². The van der Waals surface area contributed by atoms with Gasteiger partial charge in [0, 0.05) is 18.2 Å². The van der Waals surface area contributed by atoms with Crippen molar-refractivity contribution < 1.29 is 19.1 Å². The van der Waals surface area contributed by atoms with Gasteiger partial charge in [-0.05, 0) is 19.8 Å². The zero-order valence-electron chi connectivity index (χ0n) is 13.0. The summed E-state index contributed by atoms with van der Waals surface area (Å²) in [5.41, 5.74) is 1.69. The second kappa shape index (κ2) is 5.48. The van der Waals surface area contributed by atoms with E-state index >= 15 is 0 Å². The molecule has 0 radical (unpaired) electrons. The predicted octanol–water partition coefficient (Wildman–Crippen LogP) is 2.55. The van der Waals surface area contributed by atoms with E-state index in [1.807, 2.05) is 6.92 Å². The van der Waals surface area contributed by atoms with E-state index in [1.54, 1.807) is 32.4 Å². The second-order valence-electron chi connectivity index (χ2n) is 5.79. The maximum absolute atomic E-state index is 12.7. The van der Waals surface area contributed by atoms with Crippen LogP contribution >= 0.6 is 0 Å². The van der Waals surface area contributed by atoms with Crippen LogP contribution < -0.4 is 14.4 Å². The molecule has 0 spiro atoms. The molecular weight excluding hydrogens is 282 g/mol. The highest BCUT2D eigenvalue weighted by atomic mass is 16.5. The molecule has 3 rings (SSSR count). The largest absolute Gasteiger partial charge is 0.497 e. The van der Waals surface area contributed by atoms with Crippen LogP contribution in [0, 0.1) is 11.8 Å². The number of nitrogens with zero attached hydrogens (tertiary/aromatic N) is 1. The lowest BCUT2D eigenvalue weighted by atomic mass is 9.82. The molecule has 1 aliphatic carbocycles. The Balaban J connectivity index is 1.99. The number of hydrogen-bond donors (Lipinski definition) is 0. The van der Waals surface area contributed by atoms with Gasteiger partial charge in [-0.15, -0.1) is 0 Å². The lowest BCUT2D eigenvalue weighted by Crippen LogP contribution is -2.30. The Morgan fingerprint density at radius 2 is 1.59 bits per heavy atom. The molecule has 1 saturated heterocycles.